The Bertz CT molecular complexity index is 374. The van der Waals surface area contributed by atoms with E-state index in [-0.39, 0.29) is 11.9 Å². The van der Waals surface area contributed by atoms with Crippen LogP contribution in [-0.2, 0) is 0 Å². The van der Waals surface area contributed by atoms with E-state index in [2.05, 4.69) is 24.9 Å². The van der Waals surface area contributed by atoms with Crippen molar-refractivity contribution in [3.8, 4) is 0 Å². The van der Waals surface area contributed by atoms with Gasteiger partial charge in [-0.05, 0) is 37.8 Å². The second-order valence-corrected chi connectivity index (χ2v) is 4.60. The van der Waals surface area contributed by atoms with E-state index in [4.69, 9.17) is 0 Å². The predicted octanol–water partition coefficient (Wildman–Crippen LogP) is 2.50. The SMILES string of the molecule is CC(NC(=O)c1ccccc1S)C1CC1. The van der Waals surface area contributed by atoms with E-state index < -0.39 is 0 Å². The molecule has 1 aromatic carbocycles. The van der Waals surface area contributed by atoms with E-state index in [1.54, 1.807) is 6.07 Å². The minimum absolute atomic E-state index is 0.0139. The summed E-state index contributed by atoms with van der Waals surface area (Å²) in [5, 5.41) is 3.01. The first-order valence-electron chi connectivity index (χ1n) is 5.27. The summed E-state index contributed by atoms with van der Waals surface area (Å²) in [5.41, 5.74) is 0.660. The van der Waals surface area contributed by atoms with Crippen LogP contribution in [0.2, 0.25) is 0 Å². The molecule has 15 heavy (non-hydrogen) atoms. The Hall–Kier alpha value is -0.960. The van der Waals surface area contributed by atoms with E-state index in [0.29, 0.717) is 11.5 Å². The highest BCUT2D eigenvalue weighted by Crippen LogP contribution is 2.32. The van der Waals surface area contributed by atoms with Crippen LogP contribution in [0.4, 0.5) is 0 Å². The molecule has 0 spiro atoms. The zero-order valence-corrected chi connectivity index (χ0v) is 9.63. The van der Waals surface area contributed by atoms with Crippen LogP contribution in [0.25, 0.3) is 0 Å². The molecule has 1 fully saturated rings. The van der Waals surface area contributed by atoms with Crippen LogP contribution in [0.5, 0.6) is 0 Å². The van der Waals surface area contributed by atoms with Crippen LogP contribution < -0.4 is 5.32 Å². The number of carbonyl (C=O) groups is 1. The number of hydrogen-bond donors (Lipinski definition) is 2. The van der Waals surface area contributed by atoms with Gasteiger partial charge in [0.1, 0.15) is 0 Å². The van der Waals surface area contributed by atoms with Crippen LogP contribution in [0.3, 0.4) is 0 Å². The number of benzene rings is 1. The van der Waals surface area contributed by atoms with Gasteiger partial charge in [-0.15, -0.1) is 12.6 Å². The molecule has 0 aliphatic heterocycles. The summed E-state index contributed by atoms with van der Waals surface area (Å²) in [6.07, 6.45) is 2.48. The Morgan fingerprint density at radius 1 is 1.47 bits per heavy atom. The predicted molar refractivity (Wildman–Crippen MR) is 63.3 cm³/mol. The number of nitrogens with one attached hydrogen (secondary N) is 1. The Labute approximate surface area is 95.5 Å². The first-order valence-corrected chi connectivity index (χ1v) is 5.72. The molecule has 80 valence electrons. The number of hydrogen-bond acceptors (Lipinski definition) is 2. The van der Waals surface area contributed by atoms with Gasteiger partial charge in [-0.3, -0.25) is 4.79 Å². The Morgan fingerprint density at radius 2 is 2.13 bits per heavy atom. The number of carbonyl (C=O) groups excluding carboxylic acids is 1. The molecular formula is C12H15NOS. The third-order valence-corrected chi connectivity index (χ3v) is 3.23. The molecule has 1 unspecified atom stereocenters. The maximum atomic E-state index is 11.8. The van der Waals surface area contributed by atoms with Gasteiger partial charge in [0.2, 0.25) is 0 Å². The minimum Gasteiger partial charge on any atom is -0.349 e. The van der Waals surface area contributed by atoms with E-state index in [1.165, 1.54) is 12.8 Å². The van der Waals surface area contributed by atoms with E-state index in [9.17, 15) is 4.79 Å². The normalized spacial score (nSPS) is 17.2. The van der Waals surface area contributed by atoms with Crippen molar-refractivity contribution in [3.63, 3.8) is 0 Å². The van der Waals surface area contributed by atoms with Crippen molar-refractivity contribution >= 4 is 18.5 Å². The van der Waals surface area contributed by atoms with Crippen molar-refractivity contribution in [1.29, 1.82) is 0 Å². The topological polar surface area (TPSA) is 29.1 Å². The lowest BCUT2D eigenvalue weighted by atomic mass is 10.1. The quantitative estimate of drug-likeness (QED) is 0.754. The van der Waals surface area contributed by atoms with Crippen LogP contribution in [0.1, 0.15) is 30.1 Å². The van der Waals surface area contributed by atoms with Gasteiger partial charge in [0.25, 0.3) is 5.91 Å². The first-order chi connectivity index (χ1) is 7.18. The van der Waals surface area contributed by atoms with Gasteiger partial charge in [0, 0.05) is 10.9 Å². The van der Waals surface area contributed by atoms with Crippen LogP contribution >= 0.6 is 12.6 Å². The molecule has 1 amide bonds. The van der Waals surface area contributed by atoms with Crippen molar-refractivity contribution in [2.45, 2.75) is 30.7 Å². The second-order valence-electron chi connectivity index (χ2n) is 4.12. The summed E-state index contributed by atoms with van der Waals surface area (Å²) in [6.45, 7) is 2.07. The van der Waals surface area contributed by atoms with Crippen molar-refractivity contribution in [1.82, 2.24) is 5.32 Å². The maximum absolute atomic E-state index is 11.8. The summed E-state index contributed by atoms with van der Waals surface area (Å²) in [4.78, 5) is 12.6. The molecule has 0 saturated heterocycles. The highest BCUT2D eigenvalue weighted by molar-refractivity contribution is 7.80. The lowest BCUT2D eigenvalue weighted by Gasteiger charge is -2.13. The van der Waals surface area contributed by atoms with Gasteiger partial charge in [-0.25, -0.2) is 0 Å². The van der Waals surface area contributed by atoms with Crippen LogP contribution in [0.15, 0.2) is 29.2 Å². The molecule has 0 heterocycles. The molecule has 1 saturated carbocycles. The monoisotopic (exact) mass is 221 g/mol. The Balaban J connectivity index is 2.04. The zero-order chi connectivity index (χ0) is 10.8. The van der Waals surface area contributed by atoms with E-state index in [0.717, 1.165) is 4.90 Å². The van der Waals surface area contributed by atoms with Crippen LogP contribution in [0, 0.1) is 5.92 Å². The second kappa shape index (κ2) is 4.27. The van der Waals surface area contributed by atoms with Crippen molar-refractivity contribution < 1.29 is 4.79 Å². The largest absolute Gasteiger partial charge is 0.349 e. The van der Waals surface area contributed by atoms with Gasteiger partial charge >= 0.3 is 0 Å². The standard InChI is InChI=1S/C12H15NOS/c1-8(9-6-7-9)13-12(14)10-4-2-3-5-11(10)15/h2-5,8-9,15H,6-7H2,1H3,(H,13,14). The number of thiol groups is 1. The lowest BCUT2D eigenvalue weighted by molar-refractivity contribution is 0.0933. The summed E-state index contributed by atoms with van der Waals surface area (Å²) in [6, 6.07) is 7.65. The zero-order valence-electron chi connectivity index (χ0n) is 8.73. The summed E-state index contributed by atoms with van der Waals surface area (Å²) in [7, 11) is 0. The molecule has 0 radical (unpaired) electrons. The molecule has 1 aromatic rings. The fourth-order valence-electron chi connectivity index (χ4n) is 1.66. The molecule has 0 bridgehead atoms. The number of amides is 1. The van der Waals surface area contributed by atoms with Crippen molar-refractivity contribution in [2.24, 2.45) is 5.92 Å². The lowest BCUT2D eigenvalue weighted by Crippen LogP contribution is -2.34. The molecule has 1 aliphatic rings. The molecule has 1 N–H and O–H groups in total. The Kier molecular flexibility index (Phi) is 3.00. The minimum atomic E-state index is -0.0139. The molecular weight excluding hydrogens is 206 g/mol. The summed E-state index contributed by atoms with van der Waals surface area (Å²) >= 11 is 4.27. The average molecular weight is 221 g/mol. The molecule has 1 atom stereocenters. The van der Waals surface area contributed by atoms with Gasteiger partial charge in [-0.1, -0.05) is 12.1 Å². The fourth-order valence-corrected chi connectivity index (χ4v) is 1.93. The highest BCUT2D eigenvalue weighted by atomic mass is 32.1. The van der Waals surface area contributed by atoms with Gasteiger partial charge < -0.3 is 5.32 Å². The van der Waals surface area contributed by atoms with Crippen molar-refractivity contribution in [2.75, 3.05) is 0 Å². The third-order valence-electron chi connectivity index (χ3n) is 2.84. The Morgan fingerprint density at radius 3 is 2.73 bits per heavy atom. The molecule has 2 nitrogen and oxygen atoms in total. The molecule has 1 aliphatic carbocycles. The van der Waals surface area contributed by atoms with Gasteiger partial charge in [0.05, 0.1) is 5.56 Å². The maximum Gasteiger partial charge on any atom is 0.252 e. The van der Waals surface area contributed by atoms with Gasteiger partial charge in [-0.2, -0.15) is 0 Å². The van der Waals surface area contributed by atoms with Crippen LogP contribution in [-0.4, -0.2) is 11.9 Å². The van der Waals surface area contributed by atoms with Gasteiger partial charge in [0.15, 0.2) is 0 Å². The number of rotatable bonds is 3. The third kappa shape index (κ3) is 2.53. The summed E-state index contributed by atoms with van der Waals surface area (Å²) < 4.78 is 0. The van der Waals surface area contributed by atoms with E-state index >= 15 is 0 Å². The fraction of sp³-hybridized carbons (Fsp3) is 0.417. The molecule has 2 rings (SSSR count). The first kappa shape index (κ1) is 10.6. The molecule has 0 aromatic heterocycles. The highest BCUT2D eigenvalue weighted by Gasteiger charge is 2.29. The summed E-state index contributed by atoms with van der Waals surface area (Å²) in [5.74, 6) is 0.668. The van der Waals surface area contributed by atoms with E-state index in [1.807, 2.05) is 18.2 Å². The smallest absolute Gasteiger partial charge is 0.252 e. The van der Waals surface area contributed by atoms with Crippen molar-refractivity contribution in [3.05, 3.63) is 29.8 Å². The average Bonchev–Trinajstić information content (AvgIpc) is 3.01. The molecule has 3 heteroatoms.